The van der Waals surface area contributed by atoms with Crippen LogP contribution in [0.2, 0.25) is 0 Å². The lowest BCUT2D eigenvalue weighted by molar-refractivity contribution is -0.154. The van der Waals surface area contributed by atoms with E-state index in [-0.39, 0.29) is 34.5 Å². The van der Waals surface area contributed by atoms with Gasteiger partial charge in [0.1, 0.15) is 23.7 Å². The van der Waals surface area contributed by atoms with Crippen molar-refractivity contribution in [1.29, 1.82) is 0 Å². The molecule has 0 aliphatic heterocycles. The average molecular weight is 497 g/mol. The van der Waals surface area contributed by atoms with Crippen LogP contribution in [0.1, 0.15) is 48.8 Å². The zero-order valence-electron chi connectivity index (χ0n) is 20.7. The highest BCUT2D eigenvalue weighted by Crippen LogP contribution is 2.39. The van der Waals surface area contributed by atoms with Gasteiger partial charge in [-0.15, -0.1) is 0 Å². The van der Waals surface area contributed by atoms with Crippen LogP contribution in [0.25, 0.3) is 11.0 Å². The molecule has 0 radical (unpaired) electrons. The van der Waals surface area contributed by atoms with Gasteiger partial charge in [-0.05, 0) is 59.7 Å². The van der Waals surface area contributed by atoms with Crippen molar-refractivity contribution >= 4 is 11.0 Å². The van der Waals surface area contributed by atoms with Gasteiger partial charge < -0.3 is 13.9 Å². The molecule has 7 heteroatoms. The van der Waals surface area contributed by atoms with Crippen molar-refractivity contribution in [2.45, 2.75) is 52.8 Å². The number of hydrogen-bond acceptors (Lipinski definition) is 4. The van der Waals surface area contributed by atoms with E-state index in [2.05, 4.69) is 20.8 Å². The SMILES string of the molecule is Cc1ccc(C)c(Oc2c(C(F)(F)F)oc3cc(OCc4ccc(C(C)(C)C)cc4)ccc3c2=O)c1. The molecule has 0 N–H and O–H groups in total. The number of alkyl halides is 3. The molecule has 1 aromatic heterocycles. The van der Waals surface area contributed by atoms with Crippen LogP contribution in [0.3, 0.4) is 0 Å². The van der Waals surface area contributed by atoms with Gasteiger partial charge in [0, 0.05) is 6.07 Å². The lowest BCUT2D eigenvalue weighted by Gasteiger charge is -2.19. The van der Waals surface area contributed by atoms with Gasteiger partial charge in [0.05, 0.1) is 5.39 Å². The van der Waals surface area contributed by atoms with E-state index in [0.29, 0.717) is 5.56 Å². The first-order valence-corrected chi connectivity index (χ1v) is 11.5. The largest absolute Gasteiger partial charge is 0.489 e. The minimum Gasteiger partial charge on any atom is -0.489 e. The molecule has 0 atom stereocenters. The molecule has 4 nitrogen and oxygen atoms in total. The topological polar surface area (TPSA) is 48.7 Å². The third-order valence-electron chi connectivity index (χ3n) is 5.86. The maximum Gasteiger partial charge on any atom is 0.453 e. The first kappa shape index (κ1) is 25.4. The highest BCUT2D eigenvalue weighted by molar-refractivity contribution is 5.79. The van der Waals surface area contributed by atoms with E-state index >= 15 is 0 Å². The van der Waals surface area contributed by atoms with Gasteiger partial charge in [-0.25, -0.2) is 0 Å². The molecule has 3 aromatic carbocycles. The second-order valence-electron chi connectivity index (χ2n) is 9.85. The van der Waals surface area contributed by atoms with Crippen LogP contribution in [0.15, 0.2) is 69.9 Å². The van der Waals surface area contributed by atoms with Crippen LogP contribution in [0.4, 0.5) is 13.2 Å². The summed E-state index contributed by atoms with van der Waals surface area (Å²) in [5, 5.41) is -0.0369. The third-order valence-corrected chi connectivity index (χ3v) is 5.86. The highest BCUT2D eigenvalue weighted by Gasteiger charge is 2.40. The number of aryl methyl sites for hydroxylation is 2. The number of hydrogen-bond donors (Lipinski definition) is 0. The summed E-state index contributed by atoms with van der Waals surface area (Å²) in [4.78, 5) is 13.1. The molecule has 0 spiro atoms. The van der Waals surface area contributed by atoms with Crippen LogP contribution < -0.4 is 14.9 Å². The molecular weight excluding hydrogens is 469 g/mol. The van der Waals surface area contributed by atoms with Crippen molar-refractivity contribution in [3.8, 4) is 17.2 Å². The summed E-state index contributed by atoms with van der Waals surface area (Å²) in [5.74, 6) is -1.95. The first-order chi connectivity index (χ1) is 16.8. The predicted octanol–water partition coefficient (Wildman–Crippen LogP) is 8.10. The van der Waals surface area contributed by atoms with E-state index < -0.39 is 23.1 Å². The Morgan fingerprint density at radius 1 is 0.889 bits per heavy atom. The summed E-state index contributed by atoms with van der Waals surface area (Å²) in [6.45, 7) is 10.0. The lowest BCUT2D eigenvalue weighted by Crippen LogP contribution is -2.15. The number of halogens is 3. The van der Waals surface area contributed by atoms with Gasteiger partial charge in [0.25, 0.3) is 5.76 Å². The predicted molar refractivity (Wildman–Crippen MR) is 133 cm³/mol. The lowest BCUT2D eigenvalue weighted by atomic mass is 9.87. The van der Waals surface area contributed by atoms with Crippen LogP contribution in [-0.4, -0.2) is 0 Å². The minimum absolute atomic E-state index is 0.0199. The molecule has 0 fully saturated rings. The monoisotopic (exact) mass is 496 g/mol. The molecule has 0 aliphatic rings. The highest BCUT2D eigenvalue weighted by atomic mass is 19.4. The summed E-state index contributed by atoms with van der Waals surface area (Å²) in [7, 11) is 0. The van der Waals surface area contributed by atoms with E-state index in [1.165, 1.54) is 23.8 Å². The fraction of sp³-hybridized carbons (Fsp3) is 0.276. The van der Waals surface area contributed by atoms with Crippen molar-refractivity contribution in [2.24, 2.45) is 0 Å². The Labute approximate surface area is 207 Å². The number of rotatable bonds is 5. The van der Waals surface area contributed by atoms with Crippen molar-refractivity contribution in [3.05, 3.63) is 98.9 Å². The Morgan fingerprint density at radius 3 is 2.22 bits per heavy atom. The van der Waals surface area contributed by atoms with E-state index in [9.17, 15) is 18.0 Å². The Morgan fingerprint density at radius 2 is 1.58 bits per heavy atom. The Balaban J connectivity index is 1.67. The van der Waals surface area contributed by atoms with Gasteiger partial charge in [0.15, 0.2) is 0 Å². The molecule has 188 valence electrons. The maximum absolute atomic E-state index is 13.9. The Kier molecular flexibility index (Phi) is 6.60. The summed E-state index contributed by atoms with van der Waals surface area (Å²) in [6, 6.07) is 17.2. The number of ether oxygens (including phenoxy) is 2. The van der Waals surface area contributed by atoms with Crippen LogP contribution in [0, 0.1) is 13.8 Å². The third kappa shape index (κ3) is 5.40. The van der Waals surface area contributed by atoms with Gasteiger partial charge in [-0.1, -0.05) is 57.2 Å². The molecule has 0 unspecified atom stereocenters. The normalized spacial score (nSPS) is 12.1. The first-order valence-electron chi connectivity index (χ1n) is 11.5. The zero-order chi connectivity index (χ0) is 26.3. The standard InChI is InChI=1S/C29H27F3O4/c1-17-6-7-18(2)23(14-17)35-26-25(33)22-13-12-21(15-24(22)36-27(26)29(30,31)32)34-16-19-8-10-20(11-9-19)28(3,4)5/h6-15H,16H2,1-5H3. The van der Waals surface area contributed by atoms with Crippen molar-refractivity contribution < 1.29 is 27.1 Å². The smallest absolute Gasteiger partial charge is 0.453 e. The maximum atomic E-state index is 13.9. The Hall–Kier alpha value is -3.74. The molecule has 0 saturated carbocycles. The second-order valence-corrected chi connectivity index (χ2v) is 9.85. The summed E-state index contributed by atoms with van der Waals surface area (Å²) >= 11 is 0. The molecule has 0 saturated heterocycles. The zero-order valence-corrected chi connectivity index (χ0v) is 20.7. The molecule has 4 rings (SSSR count). The van der Waals surface area contributed by atoms with Gasteiger partial charge in [0.2, 0.25) is 11.2 Å². The molecule has 4 aromatic rings. The molecule has 0 aliphatic carbocycles. The van der Waals surface area contributed by atoms with E-state index in [0.717, 1.165) is 11.1 Å². The second kappa shape index (κ2) is 9.37. The van der Waals surface area contributed by atoms with Crippen LogP contribution in [-0.2, 0) is 18.2 Å². The minimum atomic E-state index is -4.94. The van der Waals surface area contributed by atoms with E-state index in [1.807, 2.05) is 24.3 Å². The van der Waals surface area contributed by atoms with Gasteiger partial charge >= 0.3 is 6.18 Å². The quantitative estimate of drug-likeness (QED) is 0.280. The van der Waals surface area contributed by atoms with Crippen molar-refractivity contribution in [3.63, 3.8) is 0 Å². The molecular formula is C29H27F3O4. The number of fused-ring (bicyclic) bond motifs is 1. The van der Waals surface area contributed by atoms with Crippen LogP contribution in [0.5, 0.6) is 17.2 Å². The number of benzene rings is 3. The average Bonchev–Trinajstić information content (AvgIpc) is 2.80. The van der Waals surface area contributed by atoms with Gasteiger partial charge in [-0.3, -0.25) is 4.79 Å². The summed E-state index contributed by atoms with van der Waals surface area (Å²) in [5.41, 5.74) is 2.33. The summed E-state index contributed by atoms with van der Waals surface area (Å²) in [6.07, 6.45) is -4.94. The molecule has 0 bridgehead atoms. The Bertz CT molecular complexity index is 1460. The molecule has 0 amide bonds. The van der Waals surface area contributed by atoms with E-state index in [1.54, 1.807) is 32.0 Å². The van der Waals surface area contributed by atoms with Gasteiger partial charge in [-0.2, -0.15) is 13.2 Å². The fourth-order valence-corrected chi connectivity index (χ4v) is 3.72. The van der Waals surface area contributed by atoms with Crippen molar-refractivity contribution in [2.75, 3.05) is 0 Å². The van der Waals surface area contributed by atoms with E-state index in [4.69, 9.17) is 13.9 Å². The summed E-state index contributed by atoms with van der Waals surface area (Å²) < 4.78 is 58.1. The molecule has 36 heavy (non-hydrogen) atoms. The van der Waals surface area contributed by atoms with Crippen LogP contribution >= 0.6 is 0 Å². The van der Waals surface area contributed by atoms with Crippen molar-refractivity contribution in [1.82, 2.24) is 0 Å². The molecule has 1 heterocycles. The fourth-order valence-electron chi connectivity index (χ4n) is 3.72.